The molecule has 0 aliphatic heterocycles. The SMILES string of the molecule is CCOCc1nc(-c2cccc(C(F)(F)F)c2)cc(=O)[nH]1. The molecule has 1 aromatic heterocycles. The third-order valence-electron chi connectivity index (χ3n) is 2.72. The number of alkyl halides is 3. The molecule has 7 heteroatoms. The van der Waals surface area contributed by atoms with Gasteiger partial charge >= 0.3 is 6.18 Å². The summed E-state index contributed by atoms with van der Waals surface area (Å²) in [6.07, 6.45) is -4.44. The molecule has 0 aliphatic rings. The molecule has 0 unspecified atom stereocenters. The molecule has 4 nitrogen and oxygen atoms in total. The van der Waals surface area contributed by atoms with Crippen molar-refractivity contribution in [3.8, 4) is 11.3 Å². The van der Waals surface area contributed by atoms with Crippen molar-refractivity contribution in [3.63, 3.8) is 0 Å². The first-order chi connectivity index (χ1) is 9.90. The van der Waals surface area contributed by atoms with Crippen LogP contribution in [0.4, 0.5) is 13.2 Å². The Hall–Kier alpha value is -2.15. The summed E-state index contributed by atoms with van der Waals surface area (Å²) < 4.78 is 43.2. The van der Waals surface area contributed by atoms with Crippen LogP contribution in [0.5, 0.6) is 0 Å². The third-order valence-corrected chi connectivity index (χ3v) is 2.72. The molecule has 21 heavy (non-hydrogen) atoms. The number of halogens is 3. The Labute approximate surface area is 118 Å². The predicted octanol–water partition coefficient (Wildman–Crippen LogP) is 2.99. The minimum absolute atomic E-state index is 0.0958. The van der Waals surface area contributed by atoms with Crippen molar-refractivity contribution in [3.05, 3.63) is 52.1 Å². The van der Waals surface area contributed by atoms with Crippen LogP contribution in [0, 0.1) is 0 Å². The van der Waals surface area contributed by atoms with Crippen molar-refractivity contribution in [2.45, 2.75) is 19.7 Å². The van der Waals surface area contributed by atoms with E-state index in [1.54, 1.807) is 6.92 Å². The summed E-state index contributed by atoms with van der Waals surface area (Å²) in [5.74, 6) is 0.275. The molecule has 1 heterocycles. The largest absolute Gasteiger partial charge is 0.416 e. The minimum atomic E-state index is -4.44. The zero-order chi connectivity index (χ0) is 15.5. The molecule has 0 fully saturated rings. The molecule has 0 aliphatic carbocycles. The Kier molecular flexibility index (Phi) is 4.42. The number of nitrogens with zero attached hydrogens (tertiary/aromatic N) is 1. The number of aromatic amines is 1. The maximum Gasteiger partial charge on any atom is 0.416 e. The van der Waals surface area contributed by atoms with Crippen LogP contribution in [0.25, 0.3) is 11.3 Å². The number of nitrogens with one attached hydrogen (secondary N) is 1. The molecule has 0 amide bonds. The second kappa shape index (κ2) is 6.09. The van der Waals surface area contributed by atoms with Gasteiger partial charge in [0.05, 0.1) is 11.3 Å². The van der Waals surface area contributed by atoms with Crippen LogP contribution in [0.3, 0.4) is 0 Å². The van der Waals surface area contributed by atoms with Crippen molar-refractivity contribution in [2.24, 2.45) is 0 Å². The van der Waals surface area contributed by atoms with E-state index in [-0.39, 0.29) is 23.7 Å². The number of benzene rings is 1. The lowest BCUT2D eigenvalue weighted by molar-refractivity contribution is -0.137. The monoisotopic (exact) mass is 298 g/mol. The van der Waals surface area contributed by atoms with Crippen molar-refractivity contribution in [1.29, 1.82) is 0 Å². The quantitative estimate of drug-likeness (QED) is 0.944. The van der Waals surface area contributed by atoms with Gasteiger partial charge in [0, 0.05) is 18.2 Å². The van der Waals surface area contributed by atoms with Crippen molar-refractivity contribution in [1.82, 2.24) is 9.97 Å². The highest BCUT2D eigenvalue weighted by Crippen LogP contribution is 2.31. The summed E-state index contributed by atoms with van der Waals surface area (Å²) >= 11 is 0. The zero-order valence-electron chi connectivity index (χ0n) is 11.2. The molecule has 0 saturated carbocycles. The fourth-order valence-corrected chi connectivity index (χ4v) is 1.78. The normalized spacial score (nSPS) is 11.6. The number of hydrogen-bond donors (Lipinski definition) is 1. The number of aromatic nitrogens is 2. The lowest BCUT2D eigenvalue weighted by Gasteiger charge is -2.09. The smallest absolute Gasteiger partial charge is 0.374 e. The molecule has 2 rings (SSSR count). The first kappa shape index (κ1) is 15.2. The van der Waals surface area contributed by atoms with E-state index in [1.807, 2.05) is 0 Å². The highest BCUT2D eigenvalue weighted by Gasteiger charge is 2.30. The van der Waals surface area contributed by atoms with Gasteiger partial charge < -0.3 is 9.72 Å². The van der Waals surface area contributed by atoms with Gasteiger partial charge in [-0.2, -0.15) is 13.2 Å². The van der Waals surface area contributed by atoms with E-state index in [4.69, 9.17) is 4.74 Å². The fourth-order valence-electron chi connectivity index (χ4n) is 1.78. The molecule has 112 valence electrons. The topological polar surface area (TPSA) is 55.0 Å². The molecule has 1 aromatic carbocycles. The first-order valence-electron chi connectivity index (χ1n) is 6.26. The van der Waals surface area contributed by atoms with Crippen molar-refractivity contribution in [2.75, 3.05) is 6.61 Å². The van der Waals surface area contributed by atoms with Crippen molar-refractivity contribution >= 4 is 0 Å². The second-order valence-electron chi connectivity index (χ2n) is 4.29. The van der Waals surface area contributed by atoms with Gasteiger partial charge in [0.1, 0.15) is 12.4 Å². The van der Waals surface area contributed by atoms with Crippen molar-refractivity contribution < 1.29 is 17.9 Å². The highest BCUT2D eigenvalue weighted by atomic mass is 19.4. The summed E-state index contributed by atoms with van der Waals surface area (Å²) in [7, 11) is 0. The number of ether oxygens (including phenoxy) is 1. The van der Waals surface area contributed by atoms with Gasteiger partial charge in [0.25, 0.3) is 5.56 Å². The lowest BCUT2D eigenvalue weighted by Crippen LogP contribution is -2.12. The Balaban J connectivity index is 2.42. The summed E-state index contributed by atoms with van der Waals surface area (Å²) in [4.78, 5) is 18.2. The number of hydrogen-bond acceptors (Lipinski definition) is 3. The van der Waals surface area contributed by atoms with Crippen LogP contribution in [-0.2, 0) is 17.5 Å². The molecule has 2 aromatic rings. The Morgan fingerprint density at radius 3 is 2.71 bits per heavy atom. The van der Waals surface area contributed by atoms with Crippen LogP contribution in [0.1, 0.15) is 18.3 Å². The van der Waals surface area contributed by atoms with Gasteiger partial charge in [-0.05, 0) is 19.1 Å². The van der Waals surface area contributed by atoms with Crippen LogP contribution in [-0.4, -0.2) is 16.6 Å². The van der Waals surface area contributed by atoms with Gasteiger partial charge in [0.2, 0.25) is 0 Å². The highest BCUT2D eigenvalue weighted by molar-refractivity contribution is 5.59. The number of H-pyrrole nitrogens is 1. The maximum absolute atomic E-state index is 12.7. The molecule has 0 spiro atoms. The third kappa shape index (κ3) is 3.91. The molecular weight excluding hydrogens is 285 g/mol. The average Bonchev–Trinajstić information content (AvgIpc) is 2.44. The summed E-state index contributed by atoms with van der Waals surface area (Å²) in [5, 5.41) is 0. The van der Waals surface area contributed by atoms with Gasteiger partial charge in [-0.1, -0.05) is 12.1 Å². The van der Waals surface area contributed by atoms with E-state index in [0.29, 0.717) is 6.61 Å². The molecule has 1 N–H and O–H groups in total. The lowest BCUT2D eigenvalue weighted by atomic mass is 10.1. The Bertz CT molecular complexity index is 680. The molecule has 0 saturated heterocycles. The van der Waals surface area contributed by atoms with Gasteiger partial charge in [0.15, 0.2) is 0 Å². The van der Waals surface area contributed by atoms with Crippen LogP contribution >= 0.6 is 0 Å². The minimum Gasteiger partial charge on any atom is -0.374 e. The first-order valence-corrected chi connectivity index (χ1v) is 6.26. The molecule has 0 atom stereocenters. The standard InChI is InChI=1S/C14H13F3N2O2/c1-2-21-8-12-18-11(7-13(20)19-12)9-4-3-5-10(6-9)14(15,16)17/h3-7H,2,8H2,1H3,(H,18,19,20). The summed E-state index contributed by atoms with van der Waals surface area (Å²) in [6, 6.07) is 5.85. The van der Waals surface area contributed by atoms with E-state index in [0.717, 1.165) is 18.2 Å². The zero-order valence-corrected chi connectivity index (χ0v) is 11.2. The number of rotatable bonds is 4. The summed E-state index contributed by atoms with van der Waals surface area (Å²) in [5.41, 5.74) is -0.811. The Morgan fingerprint density at radius 2 is 2.05 bits per heavy atom. The Morgan fingerprint density at radius 1 is 1.29 bits per heavy atom. The van der Waals surface area contributed by atoms with E-state index >= 15 is 0 Å². The fraction of sp³-hybridized carbons (Fsp3) is 0.286. The van der Waals surface area contributed by atoms with Gasteiger partial charge in [-0.25, -0.2) is 4.98 Å². The van der Waals surface area contributed by atoms with Crippen LogP contribution < -0.4 is 5.56 Å². The van der Waals surface area contributed by atoms with E-state index < -0.39 is 17.3 Å². The van der Waals surface area contributed by atoms with Crippen LogP contribution in [0.2, 0.25) is 0 Å². The molecule has 0 bridgehead atoms. The maximum atomic E-state index is 12.7. The average molecular weight is 298 g/mol. The predicted molar refractivity (Wildman–Crippen MR) is 70.6 cm³/mol. The second-order valence-corrected chi connectivity index (χ2v) is 4.29. The van der Waals surface area contributed by atoms with Gasteiger partial charge in [-0.15, -0.1) is 0 Å². The van der Waals surface area contributed by atoms with E-state index in [1.165, 1.54) is 12.1 Å². The van der Waals surface area contributed by atoms with E-state index in [2.05, 4.69) is 9.97 Å². The molecular formula is C14H13F3N2O2. The summed E-state index contributed by atoms with van der Waals surface area (Å²) in [6.45, 7) is 2.32. The molecule has 0 radical (unpaired) electrons. The van der Waals surface area contributed by atoms with E-state index in [9.17, 15) is 18.0 Å². The van der Waals surface area contributed by atoms with Gasteiger partial charge in [-0.3, -0.25) is 4.79 Å². The van der Waals surface area contributed by atoms with Crippen LogP contribution in [0.15, 0.2) is 35.1 Å².